The fraction of sp³-hybridized carbons (Fsp3) is 0.625. The zero-order chi connectivity index (χ0) is 14.8. The molecule has 0 aromatic heterocycles. The molecule has 4 heteroatoms. The highest BCUT2D eigenvalue weighted by Crippen LogP contribution is 2.39. The van der Waals surface area contributed by atoms with Gasteiger partial charge in [-0.25, -0.2) is 0 Å². The lowest BCUT2D eigenvalue weighted by atomic mass is 9.90. The maximum absolute atomic E-state index is 12.6. The molecule has 3 atom stereocenters. The number of hydrogen-bond acceptors (Lipinski definition) is 1. The van der Waals surface area contributed by atoms with E-state index in [1.165, 1.54) is 18.6 Å². The topological polar surface area (TPSA) is 12.0 Å². The number of halogens is 3. The van der Waals surface area contributed by atoms with E-state index < -0.39 is 11.7 Å². The van der Waals surface area contributed by atoms with Gasteiger partial charge in [-0.2, -0.15) is 13.2 Å². The number of rotatable bonds is 4. The predicted octanol–water partition coefficient (Wildman–Crippen LogP) is 4.79. The molecule has 3 unspecified atom stereocenters. The lowest BCUT2D eigenvalue weighted by Crippen LogP contribution is -2.27. The van der Waals surface area contributed by atoms with Crippen molar-refractivity contribution in [3.63, 3.8) is 0 Å². The number of nitrogens with one attached hydrogen (secondary N) is 1. The molecule has 0 saturated heterocycles. The first-order valence-corrected chi connectivity index (χ1v) is 7.32. The lowest BCUT2D eigenvalue weighted by Gasteiger charge is -2.25. The summed E-state index contributed by atoms with van der Waals surface area (Å²) in [4.78, 5) is 0. The second-order valence-electron chi connectivity index (χ2n) is 5.83. The van der Waals surface area contributed by atoms with Crippen LogP contribution in [0.1, 0.15) is 50.3 Å². The molecule has 1 aliphatic carbocycles. The Labute approximate surface area is 118 Å². The molecule has 0 amide bonds. The molecule has 1 N–H and O–H groups in total. The third-order valence-electron chi connectivity index (χ3n) is 4.23. The Morgan fingerprint density at radius 2 is 1.85 bits per heavy atom. The van der Waals surface area contributed by atoms with E-state index in [0.717, 1.165) is 30.9 Å². The average Bonchev–Trinajstić information content (AvgIpc) is 2.81. The van der Waals surface area contributed by atoms with Crippen LogP contribution in [-0.4, -0.2) is 6.54 Å². The molecule has 1 aliphatic rings. The van der Waals surface area contributed by atoms with Crippen LogP contribution in [0.4, 0.5) is 13.2 Å². The molecule has 1 saturated carbocycles. The van der Waals surface area contributed by atoms with Crippen molar-refractivity contribution in [1.29, 1.82) is 0 Å². The number of benzene rings is 1. The minimum Gasteiger partial charge on any atom is -0.310 e. The van der Waals surface area contributed by atoms with E-state index >= 15 is 0 Å². The van der Waals surface area contributed by atoms with Crippen molar-refractivity contribution in [3.05, 3.63) is 35.4 Å². The second-order valence-corrected chi connectivity index (χ2v) is 5.83. The van der Waals surface area contributed by atoms with E-state index in [9.17, 15) is 13.2 Å². The fourth-order valence-corrected chi connectivity index (χ4v) is 3.21. The van der Waals surface area contributed by atoms with E-state index in [0.29, 0.717) is 5.92 Å². The highest BCUT2D eigenvalue weighted by molar-refractivity contribution is 5.27. The first-order chi connectivity index (χ1) is 9.41. The van der Waals surface area contributed by atoms with Crippen LogP contribution in [0.2, 0.25) is 0 Å². The smallest absolute Gasteiger partial charge is 0.310 e. The van der Waals surface area contributed by atoms with Crippen LogP contribution in [0.25, 0.3) is 0 Å². The second kappa shape index (κ2) is 6.17. The van der Waals surface area contributed by atoms with Gasteiger partial charge < -0.3 is 5.32 Å². The van der Waals surface area contributed by atoms with Crippen LogP contribution in [0.5, 0.6) is 0 Å². The SMILES string of the molecule is CCNC(c1ccc(C(F)(F)F)cc1)C1CCC(C)C1. The summed E-state index contributed by atoms with van der Waals surface area (Å²) >= 11 is 0. The maximum atomic E-state index is 12.6. The minimum absolute atomic E-state index is 0.173. The summed E-state index contributed by atoms with van der Waals surface area (Å²) in [7, 11) is 0. The van der Waals surface area contributed by atoms with Gasteiger partial charge in [0.05, 0.1) is 5.56 Å². The van der Waals surface area contributed by atoms with Crippen molar-refractivity contribution >= 4 is 0 Å². The zero-order valence-electron chi connectivity index (χ0n) is 12.0. The summed E-state index contributed by atoms with van der Waals surface area (Å²) in [6.45, 7) is 5.11. The average molecular weight is 285 g/mol. The molecule has 2 rings (SSSR count). The molecule has 1 fully saturated rings. The molecule has 0 spiro atoms. The number of alkyl halides is 3. The molecule has 1 nitrogen and oxygen atoms in total. The Kier molecular flexibility index (Phi) is 4.74. The monoisotopic (exact) mass is 285 g/mol. The van der Waals surface area contributed by atoms with Gasteiger partial charge in [-0.3, -0.25) is 0 Å². The molecule has 1 aromatic rings. The summed E-state index contributed by atoms with van der Waals surface area (Å²) in [5.74, 6) is 1.25. The highest BCUT2D eigenvalue weighted by Gasteiger charge is 2.32. The van der Waals surface area contributed by atoms with E-state index in [1.54, 1.807) is 12.1 Å². The van der Waals surface area contributed by atoms with Crippen LogP contribution >= 0.6 is 0 Å². The van der Waals surface area contributed by atoms with Gasteiger partial charge in [0.1, 0.15) is 0 Å². The standard InChI is InChI=1S/C16H22F3N/c1-3-20-15(13-5-4-11(2)10-13)12-6-8-14(9-7-12)16(17,18)19/h6-9,11,13,15,20H,3-5,10H2,1-2H3. The lowest BCUT2D eigenvalue weighted by molar-refractivity contribution is -0.137. The normalized spacial score (nSPS) is 24.9. The van der Waals surface area contributed by atoms with Gasteiger partial charge in [0.2, 0.25) is 0 Å². The molecule has 112 valence electrons. The third kappa shape index (κ3) is 3.54. The first-order valence-electron chi connectivity index (χ1n) is 7.32. The van der Waals surface area contributed by atoms with Crippen molar-refractivity contribution in [2.45, 2.75) is 45.3 Å². The first kappa shape index (κ1) is 15.4. The largest absolute Gasteiger partial charge is 0.416 e. The quantitative estimate of drug-likeness (QED) is 0.838. The van der Waals surface area contributed by atoms with Gasteiger partial charge in [-0.05, 0) is 48.9 Å². The van der Waals surface area contributed by atoms with Crippen molar-refractivity contribution in [2.24, 2.45) is 11.8 Å². The van der Waals surface area contributed by atoms with E-state index in [1.807, 2.05) is 6.92 Å². The van der Waals surface area contributed by atoms with Crippen LogP contribution < -0.4 is 5.32 Å². The van der Waals surface area contributed by atoms with Gasteiger partial charge in [0.15, 0.2) is 0 Å². The Morgan fingerprint density at radius 3 is 2.30 bits per heavy atom. The van der Waals surface area contributed by atoms with Gasteiger partial charge in [0, 0.05) is 6.04 Å². The van der Waals surface area contributed by atoms with Crippen LogP contribution in [0.15, 0.2) is 24.3 Å². The summed E-state index contributed by atoms with van der Waals surface area (Å²) < 4.78 is 37.8. The van der Waals surface area contributed by atoms with Gasteiger partial charge in [0.25, 0.3) is 0 Å². The van der Waals surface area contributed by atoms with Gasteiger partial charge >= 0.3 is 6.18 Å². The summed E-state index contributed by atoms with van der Waals surface area (Å²) in [6.07, 6.45) is -0.736. The van der Waals surface area contributed by atoms with Crippen LogP contribution in [-0.2, 0) is 6.18 Å². The van der Waals surface area contributed by atoms with Crippen LogP contribution in [0, 0.1) is 11.8 Å². The van der Waals surface area contributed by atoms with Gasteiger partial charge in [-0.15, -0.1) is 0 Å². The van der Waals surface area contributed by atoms with Crippen molar-refractivity contribution < 1.29 is 13.2 Å². The van der Waals surface area contributed by atoms with E-state index in [-0.39, 0.29) is 6.04 Å². The molecule has 20 heavy (non-hydrogen) atoms. The Balaban J connectivity index is 2.17. The Morgan fingerprint density at radius 1 is 1.20 bits per heavy atom. The molecular formula is C16H22F3N. The molecule has 1 aromatic carbocycles. The summed E-state index contributed by atoms with van der Waals surface area (Å²) in [5.41, 5.74) is 0.398. The number of hydrogen-bond donors (Lipinski definition) is 1. The Bertz CT molecular complexity index is 424. The predicted molar refractivity (Wildman–Crippen MR) is 74.4 cm³/mol. The summed E-state index contributed by atoms with van der Waals surface area (Å²) in [5, 5.41) is 3.44. The third-order valence-corrected chi connectivity index (χ3v) is 4.23. The summed E-state index contributed by atoms with van der Waals surface area (Å²) in [6, 6.07) is 5.81. The molecule has 0 aliphatic heterocycles. The zero-order valence-corrected chi connectivity index (χ0v) is 12.0. The fourth-order valence-electron chi connectivity index (χ4n) is 3.21. The van der Waals surface area contributed by atoms with Crippen molar-refractivity contribution in [2.75, 3.05) is 6.54 Å². The van der Waals surface area contributed by atoms with Gasteiger partial charge in [-0.1, -0.05) is 32.4 Å². The van der Waals surface area contributed by atoms with E-state index in [4.69, 9.17) is 0 Å². The van der Waals surface area contributed by atoms with Crippen molar-refractivity contribution in [3.8, 4) is 0 Å². The molecule has 0 bridgehead atoms. The Hall–Kier alpha value is -1.03. The minimum atomic E-state index is -4.26. The maximum Gasteiger partial charge on any atom is 0.416 e. The van der Waals surface area contributed by atoms with Crippen molar-refractivity contribution in [1.82, 2.24) is 5.32 Å². The van der Waals surface area contributed by atoms with E-state index in [2.05, 4.69) is 12.2 Å². The molecular weight excluding hydrogens is 263 g/mol. The van der Waals surface area contributed by atoms with Crippen LogP contribution in [0.3, 0.4) is 0 Å². The molecule has 0 radical (unpaired) electrons. The molecule has 0 heterocycles. The highest BCUT2D eigenvalue weighted by atomic mass is 19.4.